The second-order valence-corrected chi connectivity index (χ2v) is 6.27. The highest BCUT2D eigenvalue weighted by molar-refractivity contribution is 5.98. The van der Waals surface area contributed by atoms with Crippen LogP contribution in [0.5, 0.6) is 11.8 Å². The molecule has 3 aromatic rings. The first kappa shape index (κ1) is 16.4. The Hall–Kier alpha value is -3.09. The molecular formula is C19H20N4O3. The Balaban J connectivity index is 1.48. The fraction of sp³-hybridized carbons (Fsp3) is 0.316. The van der Waals surface area contributed by atoms with Gasteiger partial charge in [0.25, 0.3) is 17.7 Å². The molecular weight excluding hydrogens is 332 g/mol. The van der Waals surface area contributed by atoms with Crippen molar-refractivity contribution in [3.05, 3.63) is 48.4 Å². The largest absolute Gasteiger partial charge is 0.477 e. The molecule has 0 aliphatic carbocycles. The van der Waals surface area contributed by atoms with Gasteiger partial charge >= 0.3 is 0 Å². The molecule has 1 aliphatic heterocycles. The molecule has 7 nitrogen and oxygen atoms in total. The number of amides is 1. The van der Waals surface area contributed by atoms with Crippen LogP contribution in [0.4, 0.5) is 0 Å². The predicted molar refractivity (Wildman–Crippen MR) is 96.4 cm³/mol. The number of methoxy groups -OCH3 is 1. The van der Waals surface area contributed by atoms with Crippen molar-refractivity contribution >= 4 is 16.8 Å². The summed E-state index contributed by atoms with van der Waals surface area (Å²) in [7, 11) is 1.53. The van der Waals surface area contributed by atoms with E-state index in [2.05, 4.69) is 15.0 Å². The van der Waals surface area contributed by atoms with Gasteiger partial charge in [-0.2, -0.15) is 0 Å². The van der Waals surface area contributed by atoms with E-state index in [9.17, 15) is 4.79 Å². The van der Waals surface area contributed by atoms with Crippen molar-refractivity contribution in [3.8, 4) is 11.8 Å². The van der Waals surface area contributed by atoms with Crippen LogP contribution in [0.1, 0.15) is 23.3 Å². The molecule has 0 spiro atoms. The molecule has 1 unspecified atom stereocenters. The SMILES string of the molecule is COc1nccnc1OC1CCCN(C(=O)c2cc3ccccc3[nH]2)C1. The number of nitrogens with zero attached hydrogens (tertiary/aromatic N) is 3. The van der Waals surface area contributed by atoms with Gasteiger partial charge in [-0.15, -0.1) is 0 Å². The van der Waals surface area contributed by atoms with Gasteiger partial charge in [0.1, 0.15) is 11.8 Å². The Kier molecular flexibility index (Phi) is 4.43. The summed E-state index contributed by atoms with van der Waals surface area (Å²) in [6.07, 6.45) is 4.71. The van der Waals surface area contributed by atoms with Crippen molar-refractivity contribution in [1.82, 2.24) is 19.9 Å². The number of ether oxygens (including phenoxy) is 2. The number of aromatic nitrogens is 3. The molecule has 4 rings (SSSR count). The van der Waals surface area contributed by atoms with Crippen LogP contribution in [-0.4, -0.2) is 52.1 Å². The number of carbonyl (C=O) groups is 1. The quantitative estimate of drug-likeness (QED) is 0.781. The zero-order chi connectivity index (χ0) is 17.9. The lowest BCUT2D eigenvalue weighted by molar-refractivity contribution is 0.0515. The molecule has 2 aromatic heterocycles. The average molecular weight is 352 g/mol. The van der Waals surface area contributed by atoms with Gasteiger partial charge in [-0.1, -0.05) is 18.2 Å². The van der Waals surface area contributed by atoms with Crippen LogP contribution in [0.2, 0.25) is 0 Å². The first-order chi connectivity index (χ1) is 12.7. The monoisotopic (exact) mass is 352 g/mol. The van der Waals surface area contributed by atoms with Crippen molar-refractivity contribution in [2.24, 2.45) is 0 Å². The van der Waals surface area contributed by atoms with Crippen LogP contribution < -0.4 is 9.47 Å². The number of para-hydroxylation sites is 1. The maximum absolute atomic E-state index is 12.9. The highest BCUT2D eigenvalue weighted by atomic mass is 16.5. The maximum atomic E-state index is 12.9. The second kappa shape index (κ2) is 7.03. The molecule has 0 saturated carbocycles. The van der Waals surface area contributed by atoms with Crippen molar-refractivity contribution in [1.29, 1.82) is 0 Å². The normalized spacial score (nSPS) is 17.3. The van der Waals surface area contributed by atoms with Crippen molar-refractivity contribution in [3.63, 3.8) is 0 Å². The summed E-state index contributed by atoms with van der Waals surface area (Å²) in [5.41, 5.74) is 1.56. The van der Waals surface area contributed by atoms with Gasteiger partial charge < -0.3 is 19.4 Å². The molecule has 7 heteroatoms. The van der Waals surface area contributed by atoms with Crippen LogP contribution >= 0.6 is 0 Å². The molecule has 1 atom stereocenters. The van der Waals surface area contributed by atoms with E-state index in [0.717, 1.165) is 23.7 Å². The third-order valence-electron chi connectivity index (χ3n) is 4.53. The van der Waals surface area contributed by atoms with E-state index in [0.29, 0.717) is 30.5 Å². The number of piperidine rings is 1. The molecule has 3 heterocycles. The van der Waals surface area contributed by atoms with Crippen LogP contribution in [0.25, 0.3) is 10.9 Å². The number of rotatable bonds is 4. The highest BCUT2D eigenvalue weighted by Crippen LogP contribution is 2.25. The Morgan fingerprint density at radius 3 is 2.85 bits per heavy atom. The van der Waals surface area contributed by atoms with E-state index in [-0.39, 0.29) is 12.0 Å². The smallest absolute Gasteiger partial charge is 0.278 e. The van der Waals surface area contributed by atoms with E-state index in [4.69, 9.17) is 9.47 Å². The summed E-state index contributed by atoms with van der Waals surface area (Å²) in [4.78, 5) is 26.2. The minimum atomic E-state index is -0.136. The summed E-state index contributed by atoms with van der Waals surface area (Å²) in [5, 5.41) is 1.03. The van der Waals surface area contributed by atoms with Crippen molar-refractivity contribution in [2.75, 3.05) is 20.2 Å². The lowest BCUT2D eigenvalue weighted by Gasteiger charge is -2.32. The fourth-order valence-electron chi connectivity index (χ4n) is 3.27. The van der Waals surface area contributed by atoms with Gasteiger partial charge in [0.2, 0.25) is 0 Å². The second-order valence-electron chi connectivity index (χ2n) is 6.27. The number of hydrogen-bond donors (Lipinski definition) is 1. The third kappa shape index (κ3) is 3.20. The molecule has 0 bridgehead atoms. The molecule has 1 saturated heterocycles. The number of likely N-dealkylation sites (tertiary alicyclic amines) is 1. The van der Waals surface area contributed by atoms with Gasteiger partial charge in [0.15, 0.2) is 0 Å². The number of hydrogen-bond acceptors (Lipinski definition) is 5. The molecule has 1 aliphatic rings. The van der Waals surface area contributed by atoms with Crippen molar-refractivity contribution in [2.45, 2.75) is 18.9 Å². The van der Waals surface area contributed by atoms with E-state index in [1.54, 1.807) is 12.4 Å². The van der Waals surface area contributed by atoms with E-state index in [1.165, 1.54) is 7.11 Å². The summed E-state index contributed by atoms with van der Waals surface area (Å²) >= 11 is 0. The van der Waals surface area contributed by atoms with Crippen LogP contribution in [0.3, 0.4) is 0 Å². The zero-order valence-corrected chi connectivity index (χ0v) is 14.5. The van der Waals surface area contributed by atoms with Crippen molar-refractivity contribution < 1.29 is 14.3 Å². The first-order valence-corrected chi connectivity index (χ1v) is 8.63. The third-order valence-corrected chi connectivity index (χ3v) is 4.53. The lowest BCUT2D eigenvalue weighted by atomic mass is 10.1. The molecule has 134 valence electrons. The summed E-state index contributed by atoms with van der Waals surface area (Å²) in [6, 6.07) is 9.77. The van der Waals surface area contributed by atoms with E-state index < -0.39 is 0 Å². The molecule has 1 fully saturated rings. The van der Waals surface area contributed by atoms with Gasteiger partial charge in [-0.05, 0) is 25.0 Å². The maximum Gasteiger partial charge on any atom is 0.278 e. The number of fused-ring (bicyclic) bond motifs is 1. The topological polar surface area (TPSA) is 80.3 Å². The van der Waals surface area contributed by atoms with Gasteiger partial charge in [0.05, 0.1) is 13.7 Å². The number of nitrogens with one attached hydrogen (secondary N) is 1. The number of benzene rings is 1. The fourth-order valence-corrected chi connectivity index (χ4v) is 3.27. The van der Waals surface area contributed by atoms with Crippen LogP contribution in [0, 0.1) is 0 Å². The predicted octanol–water partition coefficient (Wildman–Crippen LogP) is 2.65. The van der Waals surface area contributed by atoms with Gasteiger partial charge in [-0.3, -0.25) is 4.79 Å². The molecule has 1 aromatic carbocycles. The Morgan fingerprint density at radius 2 is 2.04 bits per heavy atom. The molecule has 26 heavy (non-hydrogen) atoms. The molecule has 1 amide bonds. The number of aromatic amines is 1. The Morgan fingerprint density at radius 1 is 1.23 bits per heavy atom. The Labute approximate surface area is 151 Å². The minimum Gasteiger partial charge on any atom is -0.477 e. The van der Waals surface area contributed by atoms with E-state index in [1.807, 2.05) is 35.2 Å². The Bertz CT molecular complexity index is 891. The number of H-pyrrole nitrogens is 1. The van der Waals surface area contributed by atoms with E-state index >= 15 is 0 Å². The zero-order valence-electron chi connectivity index (χ0n) is 14.5. The van der Waals surface area contributed by atoms with Crippen LogP contribution in [0.15, 0.2) is 42.7 Å². The standard InChI is InChI=1S/C19H20N4O3/c1-25-17-18(21-9-8-20-17)26-14-6-4-10-23(12-14)19(24)16-11-13-5-2-3-7-15(13)22-16/h2-3,5,7-9,11,14,22H,4,6,10,12H2,1H3. The highest BCUT2D eigenvalue weighted by Gasteiger charge is 2.27. The first-order valence-electron chi connectivity index (χ1n) is 8.63. The summed E-state index contributed by atoms with van der Waals surface area (Å²) in [6.45, 7) is 1.22. The average Bonchev–Trinajstić information content (AvgIpc) is 3.12. The van der Waals surface area contributed by atoms with Gasteiger partial charge in [-0.25, -0.2) is 9.97 Å². The lowest BCUT2D eigenvalue weighted by Crippen LogP contribution is -2.44. The minimum absolute atomic E-state index is 0.0133. The summed E-state index contributed by atoms with van der Waals surface area (Å²) < 4.78 is 11.1. The molecule has 1 N–H and O–H groups in total. The molecule has 0 radical (unpaired) electrons. The van der Waals surface area contributed by atoms with Crippen LogP contribution in [-0.2, 0) is 0 Å². The number of carbonyl (C=O) groups excluding carboxylic acids is 1. The summed E-state index contributed by atoms with van der Waals surface area (Å²) in [5.74, 6) is 0.701. The van der Waals surface area contributed by atoms with Gasteiger partial charge in [0, 0.05) is 29.8 Å².